The van der Waals surface area contributed by atoms with E-state index in [4.69, 9.17) is 4.74 Å². The lowest BCUT2D eigenvalue weighted by Crippen LogP contribution is -2.40. The molecule has 1 saturated heterocycles. The Morgan fingerprint density at radius 1 is 1.17 bits per heavy atom. The molecular weight excluding hydrogens is 489 g/mol. The number of fused-ring (bicyclic) bond motifs is 1. The van der Waals surface area contributed by atoms with Crippen molar-refractivity contribution in [2.24, 2.45) is 10.9 Å². The van der Waals surface area contributed by atoms with E-state index in [0.717, 1.165) is 33.5 Å². The van der Waals surface area contributed by atoms with E-state index in [9.17, 15) is 17.6 Å². The van der Waals surface area contributed by atoms with Gasteiger partial charge in [-0.05, 0) is 75.1 Å². The minimum absolute atomic E-state index is 0.0552. The maximum absolute atomic E-state index is 13.2. The summed E-state index contributed by atoms with van der Waals surface area (Å²) in [6.45, 7) is 8.23. The van der Waals surface area contributed by atoms with Crippen molar-refractivity contribution in [1.29, 1.82) is 0 Å². The molecule has 0 bridgehead atoms. The average Bonchev–Trinajstić information content (AvgIpc) is 3.17. The molecule has 4 rings (SSSR count). The van der Waals surface area contributed by atoms with Crippen molar-refractivity contribution in [2.75, 3.05) is 26.3 Å². The first-order valence-electron chi connectivity index (χ1n) is 11.7. The summed E-state index contributed by atoms with van der Waals surface area (Å²) >= 11 is 1.50. The fourth-order valence-electron chi connectivity index (χ4n) is 4.40. The minimum atomic E-state index is -3.72. The number of halogens is 1. The van der Waals surface area contributed by atoms with E-state index in [0.29, 0.717) is 37.4 Å². The van der Waals surface area contributed by atoms with Crippen LogP contribution < -0.4 is 4.80 Å². The van der Waals surface area contributed by atoms with Gasteiger partial charge in [0.05, 0.1) is 21.7 Å². The summed E-state index contributed by atoms with van der Waals surface area (Å²) < 4.78 is 49.0. The highest BCUT2D eigenvalue weighted by atomic mass is 32.2. The third kappa shape index (κ3) is 5.55. The second kappa shape index (κ2) is 10.7. The zero-order valence-corrected chi connectivity index (χ0v) is 21.8. The number of nitrogens with zero attached hydrogens (tertiary/aromatic N) is 3. The van der Waals surface area contributed by atoms with Crippen molar-refractivity contribution in [1.82, 2.24) is 8.87 Å². The lowest BCUT2D eigenvalue weighted by molar-refractivity contribution is -0.122. The van der Waals surface area contributed by atoms with Gasteiger partial charge in [-0.25, -0.2) is 12.8 Å². The molecule has 1 aliphatic heterocycles. The summed E-state index contributed by atoms with van der Waals surface area (Å²) in [4.78, 5) is 18.3. The molecule has 0 spiro atoms. The van der Waals surface area contributed by atoms with E-state index in [1.54, 1.807) is 0 Å². The van der Waals surface area contributed by atoms with Gasteiger partial charge in [-0.1, -0.05) is 17.4 Å². The van der Waals surface area contributed by atoms with Crippen LogP contribution in [0.2, 0.25) is 0 Å². The maximum atomic E-state index is 13.2. The Hall–Kier alpha value is -2.40. The van der Waals surface area contributed by atoms with Crippen LogP contribution in [0.15, 0.2) is 46.3 Å². The zero-order valence-electron chi connectivity index (χ0n) is 20.2. The Balaban J connectivity index is 1.55. The van der Waals surface area contributed by atoms with Crippen molar-refractivity contribution in [3.63, 3.8) is 0 Å². The van der Waals surface area contributed by atoms with E-state index in [1.165, 1.54) is 27.8 Å². The number of ether oxygens (including phenoxy) is 1. The average molecular weight is 520 g/mol. The smallest absolute Gasteiger partial charge is 0.251 e. The Labute approximate surface area is 208 Å². The summed E-state index contributed by atoms with van der Waals surface area (Å²) in [6.07, 6.45) is 0.787. The molecule has 0 saturated carbocycles. The second-order valence-electron chi connectivity index (χ2n) is 8.75. The predicted molar refractivity (Wildman–Crippen MR) is 134 cm³/mol. The third-order valence-corrected chi connectivity index (χ3v) is 9.38. The largest absolute Gasteiger partial charge is 0.380 e. The number of aromatic nitrogens is 1. The highest BCUT2D eigenvalue weighted by Crippen LogP contribution is 2.26. The molecule has 0 N–H and O–H groups in total. The van der Waals surface area contributed by atoms with Crippen LogP contribution in [0, 0.1) is 25.6 Å². The van der Waals surface area contributed by atoms with Crippen LogP contribution in [-0.4, -0.2) is 49.5 Å². The van der Waals surface area contributed by atoms with E-state index >= 15 is 0 Å². The summed E-state index contributed by atoms with van der Waals surface area (Å²) in [7, 11) is -3.72. The fraction of sp³-hybridized carbons (Fsp3) is 0.440. The number of sulfonamides is 1. The van der Waals surface area contributed by atoms with Gasteiger partial charge in [0.1, 0.15) is 5.82 Å². The maximum Gasteiger partial charge on any atom is 0.251 e. The van der Waals surface area contributed by atoms with E-state index in [-0.39, 0.29) is 29.8 Å². The minimum Gasteiger partial charge on any atom is -0.380 e. The SMILES string of the molecule is CCOCCn1c(=NC(=O)C2CCN(S(=O)(=O)c3ccc(F)cc3)CC2)sc2c(C)cc(C)cc21. The summed E-state index contributed by atoms with van der Waals surface area (Å²) in [5.41, 5.74) is 3.33. The normalized spacial score (nSPS) is 16.3. The summed E-state index contributed by atoms with van der Waals surface area (Å²) in [5, 5.41) is 0. The van der Waals surface area contributed by atoms with Crippen molar-refractivity contribution >= 4 is 37.5 Å². The number of hydrogen-bond acceptors (Lipinski definition) is 5. The number of thiazole rings is 1. The molecule has 7 nitrogen and oxygen atoms in total. The first kappa shape index (κ1) is 25.7. The van der Waals surface area contributed by atoms with Crippen LogP contribution in [0.4, 0.5) is 4.39 Å². The van der Waals surface area contributed by atoms with Gasteiger partial charge in [0.15, 0.2) is 4.80 Å². The standard InChI is InChI=1S/C25H30FN3O4S2/c1-4-33-14-13-29-22-16-17(2)15-18(3)23(22)34-25(29)27-24(30)19-9-11-28(12-10-19)35(31,32)21-7-5-20(26)6-8-21/h5-8,15-16,19H,4,9-14H2,1-3H3. The number of piperidine rings is 1. The Bertz CT molecular complexity index is 1390. The van der Waals surface area contributed by atoms with Crippen LogP contribution in [0.25, 0.3) is 10.2 Å². The first-order chi connectivity index (χ1) is 16.7. The van der Waals surface area contributed by atoms with E-state index in [1.807, 2.05) is 18.4 Å². The van der Waals surface area contributed by atoms with Crippen LogP contribution in [0.1, 0.15) is 30.9 Å². The lowest BCUT2D eigenvalue weighted by atomic mass is 9.98. The van der Waals surface area contributed by atoms with E-state index in [2.05, 4.69) is 24.0 Å². The number of benzene rings is 2. The molecule has 188 valence electrons. The zero-order chi connectivity index (χ0) is 25.2. The monoisotopic (exact) mass is 519 g/mol. The molecule has 1 amide bonds. The van der Waals surface area contributed by atoms with Crippen LogP contribution in [0.5, 0.6) is 0 Å². The number of amides is 1. The lowest BCUT2D eigenvalue weighted by Gasteiger charge is -2.29. The number of carbonyl (C=O) groups is 1. The van der Waals surface area contributed by atoms with E-state index < -0.39 is 15.8 Å². The van der Waals surface area contributed by atoms with Gasteiger partial charge in [0, 0.05) is 32.2 Å². The fourth-order valence-corrected chi connectivity index (χ4v) is 6.98. The van der Waals surface area contributed by atoms with Gasteiger partial charge in [0.2, 0.25) is 10.0 Å². The van der Waals surface area contributed by atoms with Gasteiger partial charge in [-0.15, -0.1) is 0 Å². The summed E-state index contributed by atoms with van der Waals surface area (Å²) in [6, 6.07) is 9.03. The molecule has 0 aliphatic carbocycles. The summed E-state index contributed by atoms with van der Waals surface area (Å²) in [5.74, 6) is -1.06. The van der Waals surface area contributed by atoms with Crippen LogP contribution in [-0.2, 0) is 26.1 Å². The molecular formula is C25H30FN3O4S2. The second-order valence-corrected chi connectivity index (χ2v) is 11.7. The molecule has 1 fully saturated rings. The first-order valence-corrected chi connectivity index (χ1v) is 14.0. The number of hydrogen-bond donors (Lipinski definition) is 0. The van der Waals surface area contributed by atoms with Crippen molar-refractivity contribution in [3.05, 3.63) is 58.1 Å². The van der Waals surface area contributed by atoms with Crippen molar-refractivity contribution in [2.45, 2.75) is 45.1 Å². The molecule has 10 heteroatoms. The van der Waals surface area contributed by atoms with Gasteiger partial charge < -0.3 is 9.30 Å². The number of carbonyl (C=O) groups excluding carboxylic acids is 1. The Kier molecular flexibility index (Phi) is 7.85. The van der Waals surface area contributed by atoms with Gasteiger partial charge in [-0.2, -0.15) is 9.30 Å². The Morgan fingerprint density at radius 2 is 1.86 bits per heavy atom. The van der Waals surface area contributed by atoms with Crippen LogP contribution in [0.3, 0.4) is 0 Å². The van der Waals surface area contributed by atoms with Gasteiger partial charge in [0.25, 0.3) is 5.91 Å². The molecule has 2 heterocycles. The molecule has 35 heavy (non-hydrogen) atoms. The molecule has 0 atom stereocenters. The highest BCUT2D eigenvalue weighted by Gasteiger charge is 2.32. The Morgan fingerprint density at radius 3 is 2.51 bits per heavy atom. The molecule has 2 aromatic carbocycles. The highest BCUT2D eigenvalue weighted by molar-refractivity contribution is 7.89. The third-order valence-electron chi connectivity index (χ3n) is 6.24. The topological polar surface area (TPSA) is 81.0 Å². The molecule has 0 radical (unpaired) electrons. The van der Waals surface area contributed by atoms with Gasteiger partial charge in [-0.3, -0.25) is 4.79 Å². The molecule has 1 aliphatic rings. The number of rotatable bonds is 7. The quantitative estimate of drug-likeness (QED) is 0.442. The van der Waals surface area contributed by atoms with Gasteiger partial charge >= 0.3 is 0 Å². The number of aryl methyl sites for hydroxylation is 2. The van der Waals surface area contributed by atoms with Crippen molar-refractivity contribution < 1.29 is 22.3 Å². The molecule has 3 aromatic rings. The predicted octanol–water partition coefficient (Wildman–Crippen LogP) is 4.02. The molecule has 0 unspecified atom stereocenters. The van der Waals surface area contributed by atoms with Crippen molar-refractivity contribution in [3.8, 4) is 0 Å². The van der Waals surface area contributed by atoms with Crippen LogP contribution >= 0.6 is 11.3 Å². The molecule has 1 aromatic heterocycles.